The number of hydrogen-bond acceptors (Lipinski definition) is 3. The molecule has 4 nitrogen and oxygen atoms in total. The molecule has 0 saturated heterocycles. The van der Waals surface area contributed by atoms with Gasteiger partial charge in [0.2, 0.25) is 0 Å². The summed E-state index contributed by atoms with van der Waals surface area (Å²) in [5.41, 5.74) is 2.49. The summed E-state index contributed by atoms with van der Waals surface area (Å²) < 4.78 is 5.99. The van der Waals surface area contributed by atoms with E-state index in [-0.39, 0.29) is 12.2 Å². The summed E-state index contributed by atoms with van der Waals surface area (Å²) in [5.74, 6) is 5.28. The topological polar surface area (TPSA) is 50.4 Å². The molecule has 0 aromatic rings. The molecule has 0 aliphatic heterocycles. The van der Waals surface area contributed by atoms with Crippen LogP contribution in [0.5, 0.6) is 0 Å². The molecule has 0 spiro atoms. The summed E-state index contributed by atoms with van der Waals surface area (Å²) >= 11 is 0. The number of carbonyl (C=O) groups excluding carboxylic acids is 1. The summed E-state index contributed by atoms with van der Waals surface area (Å²) in [6.45, 7) is 18.8. The van der Waals surface area contributed by atoms with Gasteiger partial charge in [-0.25, -0.2) is 4.79 Å². The minimum atomic E-state index is -0.197. The van der Waals surface area contributed by atoms with E-state index >= 15 is 0 Å². The zero-order valence-electron chi connectivity index (χ0n) is 30.2. The van der Waals surface area contributed by atoms with Crippen molar-refractivity contribution in [3.05, 3.63) is 11.6 Å². The summed E-state index contributed by atoms with van der Waals surface area (Å²) in [6, 6.07) is 0.586. The zero-order valence-corrected chi connectivity index (χ0v) is 30.2. The highest BCUT2D eigenvalue weighted by atomic mass is 16.6. The maximum Gasteiger partial charge on any atom is 0.407 e. The Morgan fingerprint density at radius 1 is 0.909 bits per heavy atom. The number of rotatable bonds is 17. The van der Waals surface area contributed by atoms with Gasteiger partial charge in [-0.3, -0.25) is 0 Å². The van der Waals surface area contributed by atoms with Gasteiger partial charge in [0.15, 0.2) is 0 Å². The Balaban J connectivity index is 1.18. The Morgan fingerprint density at radius 2 is 1.64 bits per heavy atom. The smallest absolute Gasteiger partial charge is 0.407 e. The van der Waals surface area contributed by atoms with Crippen LogP contribution >= 0.6 is 0 Å². The van der Waals surface area contributed by atoms with Crippen molar-refractivity contribution in [1.29, 1.82) is 0 Å². The third kappa shape index (κ3) is 8.86. The molecular weight excluding hydrogens is 540 g/mol. The lowest BCUT2D eigenvalue weighted by Gasteiger charge is -2.58. The van der Waals surface area contributed by atoms with Gasteiger partial charge in [0.1, 0.15) is 6.10 Å². The van der Waals surface area contributed by atoms with Crippen LogP contribution in [0.1, 0.15) is 164 Å². The van der Waals surface area contributed by atoms with E-state index in [0.29, 0.717) is 16.9 Å². The Bertz CT molecular complexity index is 913. The molecule has 8 atom stereocenters. The van der Waals surface area contributed by atoms with E-state index in [0.717, 1.165) is 67.9 Å². The Morgan fingerprint density at radius 3 is 2.34 bits per heavy atom. The van der Waals surface area contributed by atoms with Gasteiger partial charge < -0.3 is 15.4 Å². The van der Waals surface area contributed by atoms with Gasteiger partial charge in [-0.15, -0.1) is 0 Å². The maximum atomic E-state index is 12.6. The van der Waals surface area contributed by atoms with Crippen LogP contribution < -0.4 is 10.6 Å². The van der Waals surface area contributed by atoms with Crippen LogP contribution in [-0.2, 0) is 4.74 Å². The molecule has 0 bridgehead atoms. The van der Waals surface area contributed by atoms with E-state index in [9.17, 15) is 4.79 Å². The summed E-state index contributed by atoms with van der Waals surface area (Å²) in [4.78, 5) is 12.6. The fraction of sp³-hybridized carbons (Fsp3) is 0.925. The molecule has 4 heteroatoms. The largest absolute Gasteiger partial charge is 0.446 e. The average Bonchev–Trinajstić information content (AvgIpc) is 3.32. The minimum absolute atomic E-state index is 0.0489. The molecule has 3 saturated carbocycles. The van der Waals surface area contributed by atoms with Crippen molar-refractivity contribution < 1.29 is 9.53 Å². The molecule has 8 unspecified atom stereocenters. The molecule has 4 aliphatic carbocycles. The van der Waals surface area contributed by atoms with Crippen LogP contribution in [0.2, 0.25) is 0 Å². The number of unbranched alkanes of at least 4 members (excludes halogenated alkanes) is 5. The molecule has 4 rings (SSSR count). The van der Waals surface area contributed by atoms with E-state index < -0.39 is 0 Å². The van der Waals surface area contributed by atoms with Crippen LogP contribution in [0, 0.1) is 46.3 Å². The lowest BCUT2D eigenvalue weighted by atomic mass is 9.47. The summed E-state index contributed by atoms with van der Waals surface area (Å²) in [6.07, 6.45) is 25.7. The number of allylic oxidation sites excluding steroid dienone is 1. The van der Waals surface area contributed by atoms with Crippen LogP contribution in [0.4, 0.5) is 4.79 Å². The van der Waals surface area contributed by atoms with Crippen LogP contribution in [0.3, 0.4) is 0 Å². The van der Waals surface area contributed by atoms with Gasteiger partial charge in [0.25, 0.3) is 0 Å². The van der Waals surface area contributed by atoms with E-state index in [4.69, 9.17) is 4.74 Å². The van der Waals surface area contributed by atoms with Gasteiger partial charge in [-0.2, -0.15) is 0 Å². The van der Waals surface area contributed by atoms with Crippen LogP contribution in [-0.4, -0.2) is 31.3 Å². The predicted molar refractivity (Wildman–Crippen MR) is 187 cm³/mol. The van der Waals surface area contributed by atoms with Crippen molar-refractivity contribution in [2.45, 2.75) is 176 Å². The van der Waals surface area contributed by atoms with Crippen molar-refractivity contribution >= 4 is 6.09 Å². The lowest BCUT2D eigenvalue weighted by molar-refractivity contribution is -0.0520. The SMILES string of the molecule is CCC(CCCC1CCC2C3CC=C4CC(OC(=O)NCCCCCCCCNC(C)C)CCC4(C)C3CCC12C)C(C)C. The molecule has 0 aromatic carbocycles. The zero-order chi connectivity index (χ0) is 31.7. The highest BCUT2D eigenvalue weighted by Gasteiger charge is 2.58. The molecule has 44 heavy (non-hydrogen) atoms. The maximum absolute atomic E-state index is 12.6. The first-order valence-electron chi connectivity index (χ1n) is 19.5. The average molecular weight is 613 g/mol. The minimum Gasteiger partial charge on any atom is -0.446 e. The molecule has 254 valence electrons. The summed E-state index contributed by atoms with van der Waals surface area (Å²) in [7, 11) is 0. The first-order chi connectivity index (χ1) is 21.1. The third-order valence-corrected chi connectivity index (χ3v) is 13.5. The van der Waals surface area contributed by atoms with Crippen molar-refractivity contribution in [1.82, 2.24) is 10.6 Å². The Kier molecular flexibility index (Phi) is 13.6. The molecule has 0 aromatic heterocycles. The fourth-order valence-corrected chi connectivity index (χ4v) is 10.7. The first-order valence-corrected chi connectivity index (χ1v) is 19.5. The van der Waals surface area contributed by atoms with Gasteiger partial charge in [0, 0.05) is 19.0 Å². The van der Waals surface area contributed by atoms with Crippen molar-refractivity contribution in [2.75, 3.05) is 13.1 Å². The summed E-state index contributed by atoms with van der Waals surface area (Å²) in [5, 5.41) is 6.54. The highest BCUT2D eigenvalue weighted by molar-refractivity contribution is 5.67. The van der Waals surface area contributed by atoms with Gasteiger partial charge in [-0.1, -0.05) is 105 Å². The number of nitrogens with one attached hydrogen (secondary N) is 2. The predicted octanol–water partition coefficient (Wildman–Crippen LogP) is 10.9. The normalized spacial score (nSPS) is 33.8. The van der Waals surface area contributed by atoms with Gasteiger partial charge >= 0.3 is 6.09 Å². The number of hydrogen-bond donors (Lipinski definition) is 2. The second kappa shape index (κ2) is 16.7. The number of fused-ring (bicyclic) bond motifs is 5. The Hall–Kier alpha value is -1.03. The molecule has 4 aliphatic rings. The number of amides is 1. The van der Waals surface area contributed by atoms with E-state index in [1.165, 1.54) is 96.3 Å². The van der Waals surface area contributed by atoms with E-state index in [1.807, 2.05) is 0 Å². The van der Waals surface area contributed by atoms with Gasteiger partial charge in [-0.05, 0) is 117 Å². The van der Waals surface area contributed by atoms with E-state index in [1.54, 1.807) is 5.57 Å². The second-order valence-corrected chi connectivity index (χ2v) is 16.8. The van der Waals surface area contributed by atoms with Gasteiger partial charge in [0.05, 0.1) is 0 Å². The number of ether oxygens (including phenoxy) is 1. The Labute approximate surface area is 273 Å². The quantitative estimate of drug-likeness (QED) is 0.127. The molecule has 1 amide bonds. The number of carbonyl (C=O) groups is 1. The highest BCUT2D eigenvalue weighted by Crippen LogP contribution is 2.66. The molecular formula is C40H72N2O2. The molecule has 0 radical (unpaired) electrons. The van der Waals surface area contributed by atoms with Crippen molar-refractivity contribution in [3.63, 3.8) is 0 Å². The van der Waals surface area contributed by atoms with E-state index in [2.05, 4.69) is 65.2 Å². The molecule has 0 heterocycles. The molecule has 2 N–H and O–H groups in total. The van der Waals surface area contributed by atoms with Crippen LogP contribution in [0.15, 0.2) is 11.6 Å². The first kappa shape index (κ1) is 35.8. The number of alkyl carbamates (subject to hydrolysis) is 1. The monoisotopic (exact) mass is 613 g/mol. The lowest BCUT2D eigenvalue weighted by Crippen LogP contribution is -2.50. The third-order valence-electron chi connectivity index (χ3n) is 13.5. The van der Waals surface area contributed by atoms with Crippen molar-refractivity contribution in [3.8, 4) is 0 Å². The second-order valence-electron chi connectivity index (χ2n) is 16.8. The molecule has 3 fully saturated rings. The fourth-order valence-electron chi connectivity index (χ4n) is 10.7. The standard InChI is InChI=1S/C40H72N2O2/c1-8-31(29(2)3)16-15-17-32-19-21-36-35-20-18-33-28-34(22-24-40(33,7)37(35)23-25-39(32,36)6)44-38(43)42-27-14-12-10-9-11-13-26-41-30(4)5/h18,29-32,34-37,41H,8-17,19-28H2,1-7H3,(H,42,43). The van der Waals surface area contributed by atoms with Crippen LogP contribution in [0.25, 0.3) is 0 Å². The van der Waals surface area contributed by atoms with Crippen molar-refractivity contribution in [2.24, 2.45) is 46.3 Å².